The molecular formula is C28H27Cl2N5O2. The van der Waals surface area contributed by atoms with Gasteiger partial charge in [-0.2, -0.15) is 5.10 Å². The molecule has 1 aromatic heterocycles. The van der Waals surface area contributed by atoms with Crippen LogP contribution in [0, 0.1) is 0 Å². The molecule has 1 heterocycles. The Morgan fingerprint density at radius 1 is 0.892 bits per heavy atom. The zero-order chi connectivity index (χ0) is 26.4. The van der Waals surface area contributed by atoms with Gasteiger partial charge < -0.3 is 15.5 Å². The van der Waals surface area contributed by atoms with E-state index in [-0.39, 0.29) is 18.5 Å². The van der Waals surface area contributed by atoms with Crippen molar-refractivity contribution in [1.29, 1.82) is 0 Å². The molecule has 3 amide bonds. The summed E-state index contributed by atoms with van der Waals surface area (Å²) < 4.78 is 1.59. The molecule has 0 spiro atoms. The highest BCUT2D eigenvalue weighted by Crippen LogP contribution is 2.29. The molecule has 4 aromatic rings. The van der Waals surface area contributed by atoms with Crippen LogP contribution in [0.25, 0.3) is 16.9 Å². The SMILES string of the molecule is CCc1ccc(NC(=O)N(CC)CC(=O)Nc2cc(-c3ccccc3)nn2-c2ccc(Cl)c(Cl)c2)cc1. The van der Waals surface area contributed by atoms with E-state index in [4.69, 9.17) is 23.2 Å². The maximum absolute atomic E-state index is 13.1. The molecule has 3 aromatic carbocycles. The molecule has 9 heteroatoms. The number of amides is 3. The fraction of sp³-hybridized carbons (Fsp3) is 0.179. The van der Waals surface area contributed by atoms with Crippen LogP contribution in [-0.2, 0) is 11.2 Å². The van der Waals surface area contributed by atoms with Gasteiger partial charge >= 0.3 is 6.03 Å². The van der Waals surface area contributed by atoms with E-state index in [0.717, 1.165) is 12.0 Å². The van der Waals surface area contributed by atoms with Gasteiger partial charge in [0.1, 0.15) is 12.4 Å². The number of nitrogens with one attached hydrogen (secondary N) is 2. The van der Waals surface area contributed by atoms with Gasteiger partial charge in [0, 0.05) is 23.9 Å². The first-order chi connectivity index (χ1) is 17.9. The molecule has 0 fully saturated rings. The van der Waals surface area contributed by atoms with Gasteiger partial charge in [-0.3, -0.25) is 4.79 Å². The lowest BCUT2D eigenvalue weighted by atomic mass is 10.1. The molecular weight excluding hydrogens is 509 g/mol. The molecule has 0 radical (unpaired) electrons. The molecule has 0 saturated carbocycles. The van der Waals surface area contributed by atoms with E-state index in [1.165, 1.54) is 10.5 Å². The summed E-state index contributed by atoms with van der Waals surface area (Å²) in [6, 6.07) is 23.8. The molecule has 0 aliphatic heterocycles. The van der Waals surface area contributed by atoms with Crippen molar-refractivity contribution < 1.29 is 9.59 Å². The van der Waals surface area contributed by atoms with Gasteiger partial charge in [-0.1, -0.05) is 72.6 Å². The molecule has 0 bridgehead atoms. The van der Waals surface area contributed by atoms with Crippen molar-refractivity contribution in [3.05, 3.63) is 94.5 Å². The molecule has 0 unspecified atom stereocenters. The van der Waals surface area contributed by atoms with E-state index < -0.39 is 0 Å². The van der Waals surface area contributed by atoms with E-state index in [1.807, 2.05) is 61.5 Å². The first-order valence-electron chi connectivity index (χ1n) is 11.9. The van der Waals surface area contributed by atoms with Crippen molar-refractivity contribution in [2.45, 2.75) is 20.3 Å². The standard InChI is InChI=1S/C28H27Cl2N5O2/c1-3-19-10-12-21(13-11-19)31-28(37)34(4-2)18-27(36)32-26-17-25(20-8-6-5-7-9-20)33-35(26)22-14-15-23(29)24(30)16-22/h5-17H,3-4,18H2,1-2H3,(H,31,37)(H,32,36). The first kappa shape index (κ1) is 26.3. The van der Waals surface area contributed by atoms with Crippen LogP contribution >= 0.6 is 23.2 Å². The number of carbonyl (C=O) groups is 2. The van der Waals surface area contributed by atoms with Gasteiger partial charge in [0.05, 0.1) is 21.4 Å². The highest BCUT2D eigenvalue weighted by atomic mass is 35.5. The minimum absolute atomic E-state index is 0.136. The van der Waals surface area contributed by atoms with Crippen molar-refractivity contribution >= 4 is 46.6 Å². The van der Waals surface area contributed by atoms with E-state index in [0.29, 0.717) is 39.5 Å². The number of halogens is 2. The molecule has 0 saturated heterocycles. The normalized spacial score (nSPS) is 10.7. The Balaban J connectivity index is 1.53. The minimum Gasteiger partial charge on any atom is -0.315 e. The Morgan fingerprint density at radius 3 is 2.27 bits per heavy atom. The highest BCUT2D eigenvalue weighted by Gasteiger charge is 2.19. The summed E-state index contributed by atoms with van der Waals surface area (Å²) in [5.41, 5.74) is 4.04. The summed E-state index contributed by atoms with van der Waals surface area (Å²) in [7, 11) is 0. The first-order valence-corrected chi connectivity index (χ1v) is 12.7. The predicted molar refractivity (Wildman–Crippen MR) is 150 cm³/mol. The zero-order valence-corrected chi connectivity index (χ0v) is 22.1. The van der Waals surface area contributed by atoms with E-state index in [1.54, 1.807) is 28.9 Å². The number of hydrogen-bond donors (Lipinski definition) is 2. The Bertz CT molecular complexity index is 1390. The summed E-state index contributed by atoms with van der Waals surface area (Å²) in [6.07, 6.45) is 0.917. The average Bonchev–Trinajstić information content (AvgIpc) is 3.33. The lowest BCUT2D eigenvalue weighted by Gasteiger charge is -2.21. The predicted octanol–water partition coefficient (Wildman–Crippen LogP) is 6.90. The van der Waals surface area contributed by atoms with Gasteiger partial charge in [-0.05, 0) is 49.2 Å². The molecule has 190 valence electrons. The Morgan fingerprint density at radius 2 is 1.62 bits per heavy atom. The van der Waals surface area contributed by atoms with Crippen molar-refractivity contribution in [3.8, 4) is 16.9 Å². The number of hydrogen-bond acceptors (Lipinski definition) is 3. The number of likely N-dealkylation sites (N-methyl/N-ethyl adjacent to an activating group) is 1. The second kappa shape index (κ2) is 12.0. The number of benzene rings is 3. The Kier molecular flexibility index (Phi) is 8.48. The number of carbonyl (C=O) groups excluding carboxylic acids is 2. The third-order valence-corrected chi connectivity index (χ3v) is 6.55. The monoisotopic (exact) mass is 535 g/mol. The number of urea groups is 1. The van der Waals surface area contributed by atoms with Gasteiger partial charge in [-0.15, -0.1) is 0 Å². The summed E-state index contributed by atoms with van der Waals surface area (Å²) >= 11 is 12.3. The highest BCUT2D eigenvalue weighted by molar-refractivity contribution is 6.42. The molecule has 0 aliphatic rings. The third kappa shape index (κ3) is 6.50. The third-order valence-electron chi connectivity index (χ3n) is 5.81. The smallest absolute Gasteiger partial charge is 0.315 e. The van der Waals surface area contributed by atoms with E-state index in [2.05, 4.69) is 22.7 Å². The van der Waals surface area contributed by atoms with Crippen LogP contribution in [0.5, 0.6) is 0 Å². The largest absolute Gasteiger partial charge is 0.322 e. The summed E-state index contributed by atoms with van der Waals surface area (Å²) in [5.74, 6) is 0.0769. The summed E-state index contributed by atoms with van der Waals surface area (Å²) in [5, 5.41) is 11.2. The fourth-order valence-corrected chi connectivity index (χ4v) is 4.04. The topological polar surface area (TPSA) is 79.3 Å². The van der Waals surface area contributed by atoms with Crippen molar-refractivity contribution in [2.75, 3.05) is 23.7 Å². The zero-order valence-electron chi connectivity index (χ0n) is 20.5. The van der Waals surface area contributed by atoms with Crippen LogP contribution in [0.1, 0.15) is 19.4 Å². The van der Waals surface area contributed by atoms with Gasteiger partial charge in [0.15, 0.2) is 0 Å². The van der Waals surface area contributed by atoms with Crippen LogP contribution in [0.3, 0.4) is 0 Å². The minimum atomic E-state index is -0.362. The molecule has 0 atom stereocenters. The molecule has 37 heavy (non-hydrogen) atoms. The van der Waals surface area contributed by atoms with Crippen LogP contribution in [0.4, 0.5) is 16.3 Å². The lowest BCUT2D eigenvalue weighted by molar-refractivity contribution is -0.116. The van der Waals surface area contributed by atoms with Crippen LogP contribution in [0.2, 0.25) is 10.0 Å². The van der Waals surface area contributed by atoms with Crippen molar-refractivity contribution in [1.82, 2.24) is 14.7 Å². The Labute approximate surface area is 226 Å². The summed E-state index contributed by atoms with van der Waals surface area (Å²) in [6.45, 7) is 4.11. The number of aryl methyl sites for hydroxylation is 1. The number of anilines is 2. The fourth-order valence-electron chi connectivity index (χ4n) is 3.74. The number of rotatable bonds is 8. The molecule has 0 aliphatic carbocycles. The summed E-state index contributed by atoms with van der Waals surface area (Å²) in [4.78, 5) is 27.3. The second-order valence-corrected chi connectivity index (χ2v) is 9.15. The molecule has 4 rings (SSSR count). The maximum Gasteiger partial charge on any atom is 0.322 e. The lowest BCUT2D eigenvalue weighted by Crippen LogP contribution is -2.40. The molecule has 2 N–H and O–H groups in total. The number of aromatic nitrogens is 2. The van der Waals surface area contributed by atoms with Crippen LogP contribution in [-0.4, -0.2) is 39.7 Å². The van der Waals surface area contributed by atoms with Gasteiger partial charge in [0.25, 0.3) is 0 Å². The Hall–Kier alpha value is -3.81. The second-order valence-electron chi connectivity index (χ2n) is 8.33. The van der Waals surface area contributed by atoms with Crippen molar-refractivity contribution in [3.63, 3.8) is 0 Å². The number of nitrogens with zero attached hydrogens (tertiary/aromatic N) is 3. The quantitative estimate of drug-likeness (QED) is 0.257. The van der Waals surface area contributed by atoms with E-state index in [9.17, 15) is 9.59 Å². The van der Waals surface area contributed by atoms with Crippen LogP contribution in [0.15, 0.2) is 78.9 Å². The van der Waals surface area contributed by atoms with Gasteiger partial charge in [-0.25, -0.2) is 9.48 Å². The van der Waals surface area contributed by atoms with Crippen LogP contribution < -0.4 is 10.6 Å². The molecule has 7 nitrogen and oxygen atoms in total. The van der Waals surface area contributed by atoms with Gasteiger partial charge in [0.2, 0.25) is 5.91 Å². The van der Waals surface area contributed by atoms with E-state index >= 15 is 0 Å². The van der Waals surface area contributed by atoms with Crippen molar-refractivity contribution in [2.24, 2.45) is 0 Å². The average molecular weight is 536 g/mol. The maximum atomic E-state index is 13.1.